The average Bonchev–Trinajstić information content (AvgIpc) is 3.26. The van der Waals surface area contributed by atoms with Crippen LogP contribution in [0, 0.1) is 6.92 Å². The summed E-state index contributed by atoms with van der Waals surface area (Å²) in [7, 11) is 2.25. The first kappa shape index (κ1) is 20.6. The largest absolute Gasteiger partial charge is 0.343 e. The summed E-state index contributed by atoms with van der Waals surface area (Å²) in [5.74, 6) is -0.216. The third-order valence-electron chi connectivity index (χ3n) is 6.31. The lowest BCUT2D eigenvalue weighted by Gasteiger charge is -2.39. The van der Waals surface area contributed by atoms with E-state index < -0.39 is 0 Å². The lowest BCUT2D eigenvalue weighted by molar-refractivity contribution is -0.133. The molecule has 28 heavy (non-hydrogen) atoms. The second-order valence-electron chi connectivity index (χ2n) is 8.12. The van der Waals surface area contributed by atoms with E-state index >= 15 is 0 Å². The molecule has 2 fully saturated rings. The zero-order valence-electron chi connectivity index (χ0n) is 17.2. The molecule has 3 rings (SSSR count). The number of carbonyl (C=O) groups excluding carboxylic acids is 2. The van der Waals surface area contributed by atoms with E-state index in [2.05, 4.69) is 17.3 Å². The van der Waals surface area contributed by atoms with Crippen LogP contribution in [-0.2, 0) is 9.59 Å². The predicted molar refractivity (Wildman–Crippen MR) is 113 cm³/mol. The maximum atomic E-state index is 12.4. The molecule has 1 aliphatic carbocycles. The normalized spacial score (nSPS) is 18.9. The van der Waals surface area contributed by atoms with E-state index in [-0.39, 0.29) is 18.4 Å². The third-order valence-corrected chi connectivity index (χ3v) is 6.31. The van der Waals surface area contributed by atoms with Gasteiger partial charge in [0, 0.05) is 31.2 Å². The highest BCUT2D eigenvalue weighted by Crippen LogP contribution is 2.27. The van der Waals surface area contributed by atoms with Gasteiger partial charge in [-0.3, -0.25) is 9.59 Å². The average molecular weight is 384 g/mol. The number of piperidine rings is 1. The molecule has 2 amide bonds. The van der Waals surface area contributed by atoms with Gasteiger partial charge in [0.2, 0.25) is 11.8 Å². The Kier molecular flexibility index (Phi) is 7.26. The highest BCUT2D eigenvalue weighted by molar-refractivity contribution is 5.94. The molecule has 0 bridgehead atoms. The Balaban J connectivity index is 1.39. The summed E-state index contributed by atoms with van der Waals surface area (Å²) in [4.78, 5) is 28.9. The first-order valence-electron chi connectivity index (χ1n) is 10.6. The minimum absolute atomic E-state index is 0.0135. The SMILES string of the molecule is Cc1ccccc1/C=C/C(=O)NCC(=O)N1CCC(N(C)C2CCCC2)CC1. The monoisotopic (exact) mass is 383 g/mol. The minimum atomic E-state index is -0.229. The fraction of sp³-hybridized carbons (Fsp3) is 0.565. The van der Waals surface area contributed by atoms with Crippen molar-refractivity contribution < 1.29 is 9.59 Å². The van der Waals surface area contributed by atoms with E-state index in [1.165, 1.54) is 31.8 Å². The van der Waals surface area contributed by atoms with Gasteiger partial charge in [-0.05, 0) is 56.9 Å². The molecular weight excluding hydrogens is 350 g/mol. The van der Waals surface area contributed by atoms with Crippen molar-refractivity contribution in [3.63, 3.8) is 0 Å². The number of aryl methyl sites for hydroxylation is 1. The van der Waals surface area contributed by atoms with Gasteiger partial charge in [0.15, 0.2) is 0 Å². The molecule has 0 unspecified atom stereocenters. The first-order valence-corrected chi connectivity index (χ1v) is 10.6. The highest BCUT2D eigenvalue weighted by atomic mass is 16.2. The van der Waals surface area contributed by atoms with E-state index in [9.17, 15) is 9.59 Å². The molecule has 5 heteroatoms. The Morgan fingerprint density at radius 3 is 2.43 bits per heavy atom. The van der Waals surface area contributed by atoms with E-state index in [4.69, 9.17) is 0 Å². The van der Waals surface area contributed by atoms with Gasteiger partial charge in [-0.2, -0.15) is 0 Å². The lowest BCUT2D eigenvalue weighted by atomic mass is 10.0. The van der Waals surface area contributed by atoms with Gasteiger partial charge < -0.3 is 15.1 Å². The zero-order valence-corrected chi connectivity index (χ0v) is 17.2. The number of amides is 2. The molecule has 152 valence electrons. The van der Waals surface area contributed by atoms with Crippen LogP contribution in [0.3, 0.4) is 0 Å². The molecule has 1 saturated carbocycles. The van der Waals surface area contributed by atoms with Gasteiger partial charge >= 0.3 is 0 Å². The quantitative estimate of drug-likeness (QED) is 0.769. The Bertz CT molecular complexity index is 702. The van der Waals surface area contributed by atoms with Crippen LogP contribution in [0.2, 0.25) is 0 Å². The molecule has 0 spiro atoms. The van der Waals surface area contributed by atoms with Crippen LogP contribution in [0.4, 0.5) is 0 Å². The van der Waals surface area contributed by atoms with Crippen molar-refractivity contribution >= 4 is 17.9 Å². The van der Waals surface area contributed by atoms with Crippen molar-refractivity contribution in [2.45, 2.75) is 57.5 Å². The smallest absolute Gasteiger partial charge is 0.244 e. The molecule has 1 N–H and O–H groups in total. The second kappa shape index (κ2) is 9.87. The first-order chi connectivity index (χ1) is 13.5. The van der Waals surface area contributed by atoms with Gasteiger partial charge in [-0.15, -0.1) is 0 Å². The van der Waals surface area contributed by atoms with Crippen molar-refractivity contribution in [2.75, 3.05) is 26.7 Å². The summed E-state index contributed by atoms with van der Waals surface area (Å²) in [6.45, 7) is 3.65. The van der Waals surface area contributed by atoms with Gasteiger partial charge in [0.1, 0.15) is 0 Å². The summed E-state index contributed by atoms with van der Waals surface area (Å²) in [6.07, 6.45) is 10.7. The number of benzene rings is 1. The highest BCUT2D eigenvalue weighted by Gasteiger charge is 2.29. The standard InChI is InChI=1S/C23H33N3O2/c1-18-7-3-4-8-19(18)11-12-22(27)24-17-23(28)26-15-13-21(14-16-26)25(2)20-9-5-6-10-20/h3-4,7-8,11-12,20-21H,5-6,9-10,13-17H2,1-2H3,(H,24,27)/b12-11+. The molecule has 0 atom stereocenters. The third kappa shape index (κ3) is 5.44. The van der Waals surface area contributed by atoms with Crippen LogP contribution in [-0.4, -0.2) is 60.4 Å². The summed E-state index contributed by atoms with van der Waals surface area (Å²) in [5, 5.41) is 2.72. The van der Waals surface area contributed by atoms with Crippen molar-refractivity contribution in [1.29, 1.82) is 0 Å². The van der Waals surface area contributed by atoms with Crippen LogP contribution in [0.5, 0.6) is 0 Å². The van der Waals surface area contributed by atoms with Crippen LogP contribution in [0.15, 0.2) is 30.3 Å². The molecule has 1 heterocycles. The van der Waals surface area contributed by atoms with Gasteiger partial charge in [-0.1, -0.05) is 37.1 Å². The molecule has 5 nitrogen and oxygen atoms in total. The number of hydrogen-bond donors (Lipinski definition) is 1. The molecule has 0 radical (unpaired) electrons. The zero-order chi connectivity index (χ0) is 19.9. The van der Waals surface area contributed by atoms with E-state index in [1.807, 2.05) is 36.1 Å². The van der Waals surface area contributed by atoms with Crippen molar-refractivity contribution in [1.82, 2.24) is 15.1 Å². The molecule has 2 aliphatic rings. The number of carbonyl (C=O) groups is 2. The molecular formula is C23H33N3O2. The predicted octanol–water partition coefficient (Wildman–Crippen LogP) is 2.99. The number of likely N-dealkylation sites (tertiary alicyclic amines) is 1. The number of rotatable bonds is 6. The fourth-order valence-corrected chi connectivity index (χ4v) is 4.40. The van der Waals surface area contributed by atoms with Crippen LogP contribution in [0.1, 0.15) is 49.7 Å². The fourth-order valence-electron chi connectivity index (χ4n) is 4.40. The molecule has 0 aromatic heterocycles. The van der Waals surface area contributed by atoms with Crippen LogP contribution < -0.4 is 5.32 Å². The summed E-state index contributed by atoms with van der Waals surface area (Å²) >= 11 is 0. The van der Waals surface area contributed by atoms with Gasteiger partial charge in [-0.25, -0.2) is 0 Å². The van der Waals surface area contributed by atoms with Gasteiger partial charge in [0.25, 0.3) is 0 Å². The van der Waals surface area contributed by atoms with Crippen molar-refractivity contribution in [2.24, 2.45) is 0 Å². The van der Waals surface area contributed by atoms with E-state index in [1.54, 1.807) is 6.08 Å². The Morgan fingerprint density at radius 1 is 1.11 bits per heavy atom. The second-order valence-corrected chi connectivity index (χ2v) is 8.12. The van der Waals surface area contributed by atoms with E-state index in [0.29, 0.717) is 6.04 Å². The lowest BCUT2D eigenvalue weighted by Crippen LogP contribution is -2.49. The molecule has 1 aliphatic heterocycles. The maximum Gasteiger partial charge on any atom is 0.244 e. The number of nitrogens with one attached hydrogen (secondary N) is 1. The summed E-state index contributed by atoms with van der Waals surface area (Å²) in [5.41, 5.74) is 2.13. The maximum absolute atomic E-state index is 12.4. The summed E-state index contributed by atoms with van der Waals surface area (Å²) < 4.78 is 0. The Hall–Kier alpha value is -2.14. The molecule has 1 saturated heterocycles. The Morgan fingerprint density at radius 2 is 1.75 bits per heavy atom. The van der Waals surface area contributed by atoms with E-state index in [0.717, 1.165) is 43.1 Å². The van der Waals surface area contributed by atoms with Crippen LogP contribution >= 0.6 is 0 Å². The number of nitrogens with zero attached hydrogens (tertiary/aromatic N) is 2. The Labute approximate surface area is 168 Å². The van der Waals surface area contributed by atoms with Crippen molar-refractivity contribution in [3.05, 3.63) is 41.5 Å². The minimum Gasteiger partial charge on any atom is -0.343 e. The van der Waals surface area contributed by atoms with Crippen LogP contribution in [0.25, 0.3) is 6.08 Å². The summed E-state index contributed by atoms with van der Waals surface area (Å²) in [6, 6.07) is 9.21. The van der Waals surface area contributed by atoms with Gasteiger partial charge in [0.05, 0.1) is 6.54 Å². The topological polar surface area (TPSA) is 52.7 Å². The molecule has 1 aromatic carbocycles. The van der Waals surface area contributed by atoms with Crippen molar-refractivity contribution in [3.8, 4) is 0 Å². The number of hydrogen-bond acceptors (Lipinski definition) is 3. The molecule has 1 aromatic rings.